The standard InChI is InChI=1S/C15H19NO4/c1-9(2)16-13(17)8-12(15(18)19)14(16)10-4-6-11(20-3)7-5-10/h4-7,9,12,14H,8H2,1-3H3,(H,18,19)/t12-,14+/m0/s1. The van der Waals surface area contributed by atoms with Gasteiger partial charge >= 0.3 is 5.97 Å². The molecule has 1 aliphatic rings. The molecule has 1 aliphatic heterocycles. The Hall–Kier alpha value is -2.04. The van der Waals surface area contributed by atoms with Gasteiger partial charge in [0.05, 0.1) is 19.1 Å². The number of carbonyl (C=O) groups excluding carboxylic acids is 1. The number of rotatable bonds is 4. The molecule has 1 amide bonds. The van der Waals surface area contributed by atoms with Gasteiger partial charge in [0, 0.05) is 12.5 Å². The summed E-state index contributed by atoms with van der Waals surface area (Å²) in [7, 11) is 1.58. The van der Waals surface area contributed by atoms with E-state index in [1.807, 2.05) is 26.0 Å². The molecule has 20 heavy (non-hydrogen) atoms. The summed E-state index contributed by atoms with van der Waals surface area (Å²) in [5, 5.41) is 9.36. The van der Waals surface area contributed by atoms with Gasteiger partial charge in [-0.05, 0) is 31.5 Å². The Bertz CT molecular complexity index is 509. The van der Waals surface area contributed by atoms with Crippen LogP contribution in [0, 0.1) is 5.92 Å². The van der Waals surface area contributed by atoms with E-state index in [1.54, 1.807) is 24.1 Å². The first-order chi connectivity index (χ1) is 9.45. The fraction of sp³-hybridized carbons (Fsp3) is 0.467. The van der Waals surface area contributed by atoms with E-state index in [9.17, 15) is 14.7 Å². The SMILES string of the molecule is COc1ccc([C@@H]2[C@@H](C(=O)O)CC(=O)N2C(C)C)cc1. The van der Waals surface area contributed by atoms with Crippen LogP contribution in [0.5, 0.6) is 5.75 Å². The van der Waals surface area contributed by atoms with Crippen molar-refractivity contribution in [2.75, 3.05) is 7.11 Å². The molecule has 0 radical (unpaired) electrons. The lowest BCUT2D eigenvalue weighted by molar-refractivity contribution is -0.142. The van der Waals surface area contributed by atoms with Crippen molar-refractivity contribution in [1.82, 2.24) is 4.90 Å². The molecule has 2 atom stereocenters. The van der Waals surface area contributed by atoms with Crippen molar-refractivity contribution in [2.45, 2.75) is 32.4 Å². The van der Waals surface area contributed by atoms with Gasteiger partial charge in [0.1, 0.15) is 5.75 Å². The number of amides is 1. The van der Waals surface area contributed by atoms with Crippen LogP contribution in [-0.4, -0.2) is 35.0 Å². The van der Waals surface area contributed by atoms with E-state index in [4.69, 9.17) is 4.74 Å². The maximum atomic E-state index is 12.1. The topological polar surface area (TPSA) is 66.8 Å². The zero-order chi connectivity index (χ0) is 14.9. The van der Waals surface area contributed by atoms with Crippen molar-refractivity contribution >= 4 is 11.9 Å². The molecular weight excluding hydrogens is 258 g/mol. The van der Waals surface area contributed by atoms with Crippen LogP contribution in [0.15, 0.2) is 24.3 Å². The van der Waals surface area contributed by atoms with Gasteiger partial charge in [-0.1, -0.05) is 12.1 Å². The summed E-state index contributed by atoms with van der Waals surface area (Å²) in [5.41, 5.74) is 0.831. The number of methoxy groups -OCH3 is 1. The average Bonchev–Trinajstić information content (AvgIpc) is 2.76. The number of hydrogen-bond donors (Lipinski definition) is 1. The first-order valence-electron chi connectivity index (χ1n) is 6.63. The number of nitrogens with zero attached hydrogens (tertiary/aromatic N) is 1. The minimum atomic E-state index is -0.928. The minimum absolute atomic E-state index is 0.0287. The highest BCUT2D eigenvalue weighted by molar-refractivity contribution is 5.87. The van der Waals surface area contributed by atoms with Crippen LogP contribution in [0.25, 0.3) is 0 Å². The van der Waals surface area contributed by atoms with Crippen LogP contribution < -0.4 is 4.74 Å². The average molecular weight is 277 g/mol. The van der Waals surface area contributed by atoms with Gasteiger partial charge in [0.2, 0.25) is 5.91 Å². The quantitative estimate of drug-likeness (QED) is 0.915. The third-order valence-corrected chi connectivity index (χ3v) is 3.69. The lowest BCUT2D eigenvalue weighted by atomic mass is 9.93. The molecule has 2 rings (SSSR count). The highest BCUT2D eigenvalue weighted by Crippen LogP contribution is 2.40. The summed E-state index contributed by atoms with van der Waals surface area (Å²) < 4.78 is 5.10. The Balaban J connectivity index is 2.40. The molecule has 0 unspecified atom stereocenters. The molecule has 1 fully saturated rings. The van der Waals surface area contributed by atoms with E-state index in [0.717, 1.165) is 5.56 Å². The molecule has 0 spiro atoms. The number of carboxylic acid groups (broad SMARTS) is 1. The second kappa shape index (κ2) is 5.53. The monoisotopic (exact) mass is 277 g/mol. The Labute approximate surface area is 118 Å². The highest BCUT2D eigenvalue weighted by Gasteiger charge is 2.45. The maximum Gasteiger partial charge on any atom is 0.309 e. The zero-order valence-electron chi connectivity index (χ0n) is 11.9. The number of likely N-dealkylation sites (tertiary alicyclic amines) is 1. The smallest absolute Gasteiger partial charge is 0.309 e. The van der Waals surface area contributed by atoms with Crippen molar-refractivity contribution in [3.05, 3.63) is 29.8 Å². The lowest BCUT2D eigenvalue weighted by Gasteiger charge is -2.30. The molecule has 1 heterocycles. The number of carbonyl (C=O) groups is 2. The summed E-state index contributed by atoms with van der Waals surface area (Å²) in [6.07, 6.45) is 0.0597. The molecule has 1 aromatic rings. The van der Waals surface area contributed by atoms with Gasteiger partial charge in [0.25, 0.3) is 0 Å². The van der Waals surface area contributed by atoms with Crippen LogP contribution in [0.3, 0.4) is 0 Å². The van der Waals surface area contributed by atoms with E-state index in [0.29, 0.717) is 5.75 Å². The predicted octanol–water partition coefficient (Wildman–Crippen LogP) is 2.08. The highest BCUT2D eigenvalue weighted by atomic mass is 16.5. The fourth-order valence-corrected chi connectivity index (χ4v) is 2.78. The van der Waals surface area contributed by atoms with E-state index < -0.39 is 17.9 Å². The third-order valence-electron chi connectivity index (χ3n) is 3.69. The summed E-state index contributed by atoms with van der Waals surface area (Å²) in [6.45, 7) is 3.80. The number of ether oxygens (including phenoxy) is 1. The largest absolute Gasteiger partial charge is 0.497 e. The summed E-state index contributed by atoms with van der Waals surface area (Å²) in [5.74, 6) is -1.02. The minimum Gasteiger partial charge on any atom is -0.497 e. The molecule has 1 N–H and O–H groups in total. The van der Waals surface area contributed by atoms with Crippen LogP contribution in [0.1, 0.15) is 31.9 Å². The number of hydrogen-bond acceptors (Lipinski definition) is 3. The number of benzene rings is 1. The molecule has 5 heteroatoms. The van der Waals surface area contributed by atoms with Crippen molar-refractivity contribution in [2.24, 2.45) is 5.92 Å². The number of carboxylic acids is 1. The third kappa shape index (κ3) is 2.48. The van der Waals surface area contributed by atoms with Crippen molar-refractivity contribution in [3.63, 3.8) is 0 Å². The van der Waals surface area contributed by atoms with Gasteiger partial charge in [0.15, 0.2) is 0 Å². The van der Waals surface area contributed by atoms with Gasteiger partial charge in [-0.25, -0.2) is 0 Å². The Kier molecular flexibility index (Phi) is 3.97. The van der Waals surface area contributed by atoms with Crippen molar-refractivity contribution in [3.8, 4) is 5.75 Å². The fourth-order valence-electron chi connectivity index (χ4n) is 2.78. The molecule has 5 nitrogen and oxygen atoms in total. The van der Waals surface area contributed by atoms with E-state index in [1.165, 1.54) is 0 Å². The first-order valence-corrected chi connectivity index (χ1v) is 6.63. The van der Waals surface area contributed by atoms with Gasteiger partial charge in [-0.3, -0.25) is 9.59 Å². The maximum absolute atomic E-state index is 12.1. The molecule has 0 bridgehead atoms. The number of aliphatic carboxylic acids is 1. The van der Waals surface area contributed by atoms with Crippen LogP contribution >= 0.6 is 0 Å². The second-order valence-electron chi connectivity index (χ2n) is 5.26. The molecule has 1 aromatic carbocycles. The van der Waals surface area contributed by atoms with Crippen LogP contribution in [0.4, 0.5) is 0 Å². The zero-order valence-corrected chi connectivity index (χ0v) is 11.9. The first kappa shape index (κ1) is 14.4. The Morgan fingerprint density at radius 1 is 1.35 bits per heavy atom. The van der Waals surface area contributed by atoms with Gasteiger partial charge < -0.3 is 14.7 Å². The normalized spacial score (nSPS) is 22.4. The van der Waals surface area contributed by atoms with Gasteiger partial charge in [-0.15, -0.1) is 0 Å². The van der Waals surface area contributed by atoms with Crippen molar-refractivity contribution in [1.29, 1.82) is 0 Å². The van der Waals surface area contributed by atoms with E-state index in [2.05, 4.69) is 0 Å². The van der Waals surface area contributed by atoms with E-state index >= 15 is 0 Å². The molecule has 0 aliphatic carbocycles. The van der Waals surface area contributed by atoms with Crippen molar-refractivity contribution < 1.29 is 19.4 Å². The Morgan fingerprint density at radius 3 is 2.40 bits per heavy atom. The summed E-state index contributed by atoms with van der Waals surface area (Å²) in [6, 6.07) is 6.79. The molecular formula is C15H19NO4. The summed E-state index contributed by atoms with van der Waals surface area (Å²) in [4.78, 5) is 25.2. The summed E-state index contributed by atoms with van der Waals surface area (Å²) >= 11 is 0. The molecule has 0 saturated carbocycles. The molecule has 0 aromatic heterocycles. The molecule has 1 saturated heterocycles. The predicted molar refractivity (Wildman–Crippen MR) is 73.5 cm³/mol. The van der Waals surface area contributed by atoms with Crippen LogP contribution in [-0.2, 0) is 9.59 Å². The van der Waals surface area contributed by atoms with Gasteiger partial charge in [-0.2, -0.15) is 0 Å². The van der Waals surface area contributed by atoms with Crippen LogP contribution in [0.2, 0.25) is 0 Å². The second-order valence-corrected chi connectivity index (χ2v) is 5.26. The lowest BCUT2D eigenvalue weighted by Crippen LogP contribution is -2.36. The van der Waals surface area contributed by atoms with E-state index in [-0.39, 0.29) is 18.4 Å². The Morgan fingerprint density at radius 2 is 1.95 bits per heavy atom. The molecule has 108 valence electrons.